The van der Waals surface area contributed by atoms with Crippen LogP contribution in [-0.2, 0) is 0 Å². The number of piperidine rings is 1. The van der Waals surface area contributed by atoms with E-state index >= 15 is 0 Å². The van der Waals surface area contributed by atoms with Gasteiger partial charge >= 0.3 is 0 Å². The first-order valence-electron chi connectivity index (χ1n) is 6.78. The Hall–Kier alpha value is -0.930. The molecule has 3 atom stereocenters. The minimum atomic E-state index is -0.233. The van der Waals surface area contributed by atoms with Gasteiger partial charge in [-0.2, -0.15) is 0 Å². The van der Waals surface area contributed by atoms with E-state index in [1.54, 1.807) is 12.1 Å². The van der Waals surface area contributed by atoms with E-state index in [9.17, 15) is 4.39 Å². The molecular weight excluding hydrogens is 227 g/mol. The first kappa shape index (κ1) is 13.5. The normalized spacial score (nSPS) is 27.1. The highest BCUT2D eigenvalue weighted by Gasteiger charge is 2.24. The molecular formula is C15H23FN2. The fraction of sp³-hybridized carbons (Fsp3) is 0.600. The minimum absolute atomic E-state index is 0.192. The Balaban J connectivity index is 1.99. The molecule has 0 aromatic heterocycles. The second-order valence-electron chi connectivity index (χ2n) is 5.79. The lowest BCUT2D eigenvalue weighted by atomic mass is 9.91. The van der Waals surface area contributed by atoms with Crippen molar-refractivity contribution in [1.29, 1.82) is 0 Å². The Morgan fingerprint density at radius 3 is 2.50 bits per heavy atom. The molecule has 0 bridgehead atoms. The summed E-state index contributed by atoms with van der Waals surface area (Å²) in [7, 11) is 0. The maximum Gasteiger partial charge on any atom is 0.128 e. The standard InChI is InChI=1S/C15H23FN2/c1-11-7-12(2)9-18(8-11)10-15(17)13-5-3-4-6-14(13)16/h3-6,11-12,15H,7-10,17H2,1-2H3. The predicted octanol–water partition coefficient (Wildman–Crippen LogP) is 2.80. The number of hydrogen-bond donors (Lipinski definition) is 1. The maximum atomic E-state index is 13.6. The molecule has 3 heteroatoms. The van der Waals surface area contributed by atoms with E-state index in [1.807, 2.05) is 6.07 Å². The summed E-state index contributed by atoms with van der Waals surface area (Å²) in [6, 6.07) is 6.59. The molecule has 100 valence electrons. The second kappa shape index (κ2) is 5.81. The summed E-state index contributed by atoms with van der Waals surface area (Å²) < 4.78 is 13.6. The van der Waals surface area contributed by atoms with Crippen LogP contribution in [0.3, 0.4) is 0 Å². The number of hydrogen-bond acceptors (Lipinski definition) is 2. The summed E-state index contributed by atoms with van der Waals surface area (Å²) in [4.78, 5) is 2.37. The van der Waals surface area contributed by atoms with Crippen LogP contribution < -0.4 is 5.73 Å². The van der Waals surface area contributed by atoms with E-state index in [0.29, 0.717) is 17.4 Å². The summed E-state index contributed by atoms with van der Waals surface area (Å²) in [5, 5.41) is 0. The average molecular weight is 250 g/mol. The third-order valence-corrected chi connectivity index (χ3v) is 3.70. The zero-order valence-electron chi connectivity index (χ0n) is 11.3. The molecule has 2 N–H and O–H groups in total. The maximum absolute atomic E-state index is 13.6. The Morgan fingerprint density at radius 2 is 1.89 bits per heavy atom. The molecule has 1 saturated heterocycles. The fourth-order valence-corrected chi connectivity index (χ4v) is 3.09. The van der Waals surface area contributed by atoms with Crippen molar-refractivity contribution in [3.05, 3.63) is 35.6 Å². The molecule has 1 heterocycles. The molecule has 18 heavy (non-hydrogen) atoms. The van der Waals surface area contributed by atoms with Crippen molar-refractivity contribution in [2.75, 3.05) is 19.6 Å². The van der Waals surface area contributed by atoms with Crippen molar-refractivity contribution in [3.63, 3.8) is 0 Å². The molecule has 0 amide bonds. The summed E-state index contributed by atoms with van der Waals surface area (Å²) in [6.07, 6.45) is 1.28. The quantitative estimate of drug-likeness (QED) is 0.894. The summed E-state index contributed by atoms with van der Waals surface area (Å²) in [5.74, 6) is 1.23. The SMILES string of the molecule is CC1CC(C)CN(CC(N)c2ccccc2F)C1. The van der Waals surface area contributed by atoms with E-state index < -0.39 is 0 Å². The molecule has 1 aromatic rings. The van der Waals surface area contributed by atoms with Crippen LogP contribution in [0.1, 0.15) is 31.9 Å². The predicted molar refractivity (Wildman–Crippen MR) is 72.7 cm³/mol. The van der Waals surface area contributed by atoms with E-state index in [1.165, 1.54) is 12.5 Å². The Bertz CT molecular complexity index is 384. The molecule has 0 radical (unpaired) electrons. The van der Waals surface area contributed by atoms with E-state index in [4.69, 9.17) is 5.73 Å². The Kier molecular flexibility index (Phi) is 4.36. The fourth-order valence-electron chi connectivity index (χ4n) is 3.09. The van der Waals surface area contributed by atoms with Gasteiger partial charge in [-0.15, -0.1) is 0 Å². The van der Waals surface area contributed by atoms with Crippen molar-refractivity contribution in [2.24, 2.45) is 17.6 Å². The zero-order chi connectivity index (χ0) is 13.1. The number of nitrogens with zero attached hydrogens (tertiary/aromatic N) is 1. The molecule has 0 spiro atoms. The number of halogens is 1. The lowest BCUT2D eigenvalue weighted by Crippen LogP contribution is -2.42. The third-order valence-electron chi connectivity index (χ3n) is 3.70. The van der Waals surface area contributed by atoms with Gasteiger partial charge < -0.3 is 10.6 Å². The van der Waals surface area contributed by atoms with Gasteiger partial charge in [-0.05, 0) is 24.3 Å². The van der Waals surface area contributed by atoms with Gasteiger partial charge in [0.25, 0.3) is 0 Å². The van der Waals surface area contributed by atoms with Crippen molar-refractivity contribution < 1.29 is 4.39 Å². The van der Waals surface area contributed by atoms with Crippen LogP contribution >= 0.6 is 0 Å². The zero-order valence-corrected chi connectivity index (χ0v) is 11.3. The van der Waals surface area contributed by atoms with Gasteiger partial charge in [0.1, 0.15) is 5.82 Å². The van der Waals surface area contributed by atoms with Crippen LogP contribution in [0.15, 0.2) is 24.3 Å². The number of nitrogens with two attached hydrogens (primary N) is 1. The van der Waals surface area contributed by atoms with Crippen LogP contribution in [0.25, 0.3) is 0 Å². The van der Waals surface area contributed by atoms with E-state index in [2.05, 4.69) is 18.7 Å². The molecule has 3 unspecified atom stereocenters. The van der Waals surface area contributed by atoms with Gasteiger partial charge in [-0.1, -0.05) is 32.0 Å². The number of likely N-dealkylation sites (tertiary alicyclic amines) is 1. The van der Waals surface area contributed by atoms with Crippen molar-refractivity contribution in [1.82, 2.24) is 4.90 Å². The molecule has 0 saturated carbocycles. The molecule has 1 aliphatic heterocycles. The molecule has 2 rings (SSSR count). The van der Waals surface area contributed by atoms with Gasteiger partial charge in [0.2, 0.25) is 0 Å². The topological polar surface area (TPSA) is 29.3 Å². The summed E-state index contributed by atoms with van der Waals surface area (Å²) in [6.45, 7) is 7.45. The largest absolute Gasteiger partial charge is 0.323 e. The third kappa shape index (κ3) is 3.30. The first-order valence-corrected chi connectivity index (χ1v) is 6.78. The molecule has 1 aromatic carbocycles. The second-order valence-corrected chi connectivity index (χ2v) is 5.79. The highest BCUT2D eigenvalue weighted by atomic mass is 19.1. The monoisotopic (exact) mass is 250 g/mol. The summed E-state index contributed by atoms with van der Waals surface area (Å²) >= 11 is 0. The van der Waals surface area contributed by atoms with Crippen LogP contribution in [0.4, 0.5) is 4.39 Å². The molecule has 2 nitrogen and oxygen atoms in total. The van der Waals surface area contributed by atoms with Crippen LogP contribution in [0, 0.1) is 17.7 Å². The van der Waals surface area contributed by atoms with Gasteiger partial charge in [0.15, 0.2) is 0 Å². The van der Waals surface area contributed by atoms with E-state index in [0.717, 1.165) is 19.6 Å². The highest BCUT2D eigenvalue weighted by Crippen LogP contribution is 2.23. The average Bonchev–Trinajstić information content (AvgIpc) is 2.27. The van der Waals surface area contributed by atoms with E-state index in [-0.39, 0.29) is 11.9 Å². The Morgan fingerprint density at radius 1 is 1.28 bits per heavy atom. The molecule has 1 fully saturated rings. The van der Waals surface area contributed by atoms with Crippen LogP contribution in [0.2, 0.25) is 0 Å². The molecule has 0 aliphatic carbocycles. The summed E-state index contributed by atoms with van der Waals surface area (Å²) in [5.41, 5.74) is 6.76. The minimum Gasteiger partial charge on any atom is -0.323 e. The van der Waals surface area contributed by atoms with Gasteiger partial charge in [0, 0.05) is 31.2 Å². The number of benzene rings is 1. The van der Waals surface area contributed by atoms with Crippen LogP contribution in [0.5, 0.6) is 0 Å². The van der Waals surface area contributed by atoms with Gasteiger partial charge in [-0.3, -0.25) is 0 Å². The smallest absolute Gasteiger partial charge is 0.128 e. The van der Waals surface area contributed by atoms with Gasteiger partial charge in [-0.25, -0.2) is 4.39 Å². The highest BCUT2D eigenvalue weighted by molar-refractivity contribution is 5.21. The van der Waals surface area contributed by atoms with Crippen molar-refractivity contribution in [2.45, 2.75) is 26.3 Å². The Labute approximate surface area is 109 Å². The van der Waals surface area contributed by atoms with Crippen molar-refractivity contribution in [3.8, 4) is 0 Å². The first-order chi connectivity index (χ1) is 8.56. The lowest BCUT2D eigenvalue weighted by molar-refractivity contribution is 0.133. The van der Waals surface area contributed by atoms with Crippen molar-refractivity contribution >= 4 is 0 Å². The lowest BCUT2D eigenvalue weighted by Gasteiger charge is -2.36. The van der Waals surface area contributed by atoms with Crippen LogP contribution in [-0.4, -0.2) is 24.5 Å². The molecule has 1 aliphatic rings. The van der Waals surface area contributed by atoms with Gasteiger partial charge in [0.05, 0.1) is 0 Å². The number of rotatable bonds is 3.